The topological polar surface area (TPSA) is 68.0 Å². The molecule has 0 atom stereocenters. The van der Waals surface area contributed by atoms with Crippen LogP contribution in [-0.2, 0) is 11.3 Å². The normalized spacial score (nSPS) is 17.7. The first-order valence-electron chi connectivity index (χ1n) is 7.52. The van der Waals surface area contributed by atoms with Crippen LogP contribution in [0.5, 0.6) is 0 Å². The van der Waals surface area contributed by atoms with Gasteiger partial charge in [-0.2, -0.15) is 0 Å². The largest absolute Gasteiger partial charge is 0.352 e. The van der Waals surface area contributed by atoms with Crippen molar-refractivity contribution in [1.29, 1.82) is 0 Å². The molecule has 1 amide bonds. The van der Waals surface area contributed by atoms with E-state index < -0.39 is 0 Å². The minimum Gasteiger partial charge on any atom is -0.352 e. The van der Waals surface area contributed by atoms with Crippen molar-refractivity contribution in [2.75, 3.05) is 6.54 Å². The van der Waals surface area contributed by atoms with Crippen LogP contribution in [0.15, 0.2) is 18.3 Å². The molecule has 2 rings (SSSR count). The molecule has 0 radical (unpaired) electrons. The van der Waals surface area contributed by atoms with Gasteiger partial charge in [0.25, 0.3) is 0 Å². The Morgan fingerprint density at radius 3 is 2.70 bits per heavy atom. The Morgan fingerprint density at radius 2 is 2.10 bits per heavy atom. The lowest BCUT2D eigenvalue weighted by Gasteiger charge is -2.35. The van der Waals surface area contributed by atoms with Gasteiger partial charge in [-0.25, -0.2) is 0 Å². The number of hydrogen-bond acceptors (Lipinski definition) is 3. The average molecular weight is 275 g/mol. The maximum Gasteiger partial charge on any atom is 0.220 e. The highest BCUT2D eigenvalue weighted by atomic mass is 16.1. The predicted octanol–water partition coefficient (Wildman–Crippen LogP) is 2.31. The number of carbonyl (C=O) groups is 1. The third-order valence-corrected chi connectivity index (χ3v) is 4.35. The summed E-state index contributed by atoms with van der Waals surface area (Å²) in [6.07, 6.45) is 8.22. The van der Waals surface area contributed by atoms with E-state index in [2.05, 4.69) is 10.3 Å². The van der Waals surface area contributed by atoms with Crippen molar-refractivity contribution in [2.45, 2.75) is 52.0 Å². The van der Waals surface area contributed by atoms with E-state index in [0.717, 1.165) is 24.1 Å². The van der Waals surface area contributed by atoms with Gasteiger partial charge >= 0.3 is 0 Å². The summed E-state index contributed by atoms with van der Waals surface area (Å²) in [5, 5.41) is 2.99. The van der Waals surface area contributed by atoms with Crippen molar-refractivity contribution in [3.05, 3.63) is 29.6 Å². The summed E-state index contributed by atoms with van der Waals surface area (Å²) in [4.78, 5) is 16.4. The second kappa shape index (κ2) is 6.84. The van der Waals surface area contributed by atoms with Gasteiger partial charge in [-0.05, 0) is 43.4 Å². The molecule has 0 aromatic carbocycles. The summed E-state index contributed by atoms with van der Waals surface area (Å²) in [6.45, 7) is 3.12. The van der Waals surface area contributed by atoms with Crippen molar-refractivity contribution in [3.8, 4) is 0 Å². The highest BCUT2D eigenvalue weighted by molar-refractivity contribution is 5.76. The first kappa shape index (κ1) is 15.0. The number of aromatic nitrogens is 1. The Hall–Kier alpha value is -1.42. The number of aryl methyl sites for hydroxylation is 1. The summed E-state index contributed by atoms with van der Waals surface area (Å²) in [5.74, 6) is 0.109. The Morgan fingerprint density at radius 1 is 1.35 bits per heavy atom. The zero-order chi connectivity index (χ0) is 14.4. The predicted molar refractivity (Wildman–Crippen MR) is 80.0 cm³/mol. The van der Waals surface area contributed by atoms with Gasteiger partial charge in [-0.1, -0.05) is 25.3 Å². The van der Waals surface area contributed by atoms with Crippen LogP contribution in [0.25, 0.3) is 0 Å². The number of carbonyl (C=O) groups excluding carboxylic acids is 1. The van der Waals surface area contributed by atoms with Gasteiger partial charge < -0.3 is 11.1 Å². The molecule has 0 spiro atoms. The molecule has 20 heavy (non-hydrogen) atoms. The van der Waals surface area contributed by atoms with Gasteiger partial charge in [0, 0.05) is 24.9 Å². The average Bonchev–Trinajstić information content (AvgIpc) is 2.47. The molecule has 0 bridgehead atoms. The molecule has 1 heterocycles. The van der Waals surface area contributed by atoms with Crippen molar-refractivity contribution in [3.63, 3.8) is 0 Å². The Labute approximate surface area is 121 Å². The van der Waals surface area contributed by atoms with Gasteiger partial charge in [0.1, 0.15) is 0 Å². The van der Waals surface area contributed by atoms with Crippen LogP contribution in [-0.4, -0.2) is 17.4 Å². The minimum atomic E-state index is 0.0356. The molecular weight excluding hydrogens is 250 g/mol. The standard InChI is InChI=1S/C16H25N3O/c1-13-5-6-14(10-18-13)11-19-15(20)9-16(12-17)7-3-2-4-8-16/h5-6,10H,2-4,7-9,11-12,17H2,1H3,(H,19,20). The molecule has 1 aromatic rings. The molecule has 0 saturated heterocycles. The van der Waals surface area contributed by atoms with Crippen molar-refractivity contribution >= 4 is 5.91 Å². The van der Waals surface area contributed by atoms with E-state index in [1.54, 1.807) is 0 Å². The zero-order valence-electron chi connectivity index (χ0n) is 12.3. The smallest absolute Gasteiger partial charge is 0.220 e. The molecule has 4 nitrogen and oxygen atoms in total. The van der Waals surface area contributed by atoms with E-state index >= 15 is 0 Å². The number of hydrogen-bond donors (Lipinski definition) is 2. The Kier molecular flexibility index (Phi) is 5.12. The monoisotopic (exact) mass is 275 g/mol. The van der Waals surface area contributed by atoms with E-state index in [4.69, 9.17) is 5.73 Å². The molecule has 1 saturated carbocycles. The maximum absolute atomic E-state index is 12.1. The van der Waals surface area contributed by atoms with Crippen LogP contribution < -0.4 is 11.1 Å². The van der Waals surface area contributed by atoms with E-state index in [1.807, 2.05) is 25.3 Å². The Balaban J connectivity index is 1.83. The van der Waals surface area contributed by atoms with Crippen LogP contribution >= 0.6 is 0 Å². The maximum atomic E-state index is 12.1. The number of nitrogens with zero attached hydrogens (tertiary/aromatic N) is 1. The fraction of sp³-hybridized carbons (Fsp3) is 0.625. The van der Waals surface area contributed by atoms with Crippen LogP contribution in [0.2, 0.25) is 0 Å². The van der Waals surface area contributed by atoms with Gasteiger partial charge in [-0.15, -0.1) is 0 Å². The highest BCUT2D eigenvalue weighted by Crippen LogP contribution is 2.38. The summed E-state index contributed by atoms with van der Waals surface area (Å²) in [7, 11) is 0. The molecule has 0 aliphatic heterocycles. The van der Waals surface area contributed by atoms with Crippen LogP contribution in [0.1, 0.15) is 49.8 Å². The Bertz CT molecular complexity index is 436. The summed E-state index contributed by atoms with van der Waals surface area (Å²) >= 11 is 0. The van der Waals surface area contributed by atoms with E-state index in [9.17, 15) is 4.79 Å². The van der Waals surface area contributed by atoms with Crippen molar-refractivity contribution in [2.24, 2.45) is 11.1 Å². The fourth-order valence-corrected chi connectivity index (χ4v) is 2.96. The van der Waals surface area contributed by atoms with Crippen molar-refractivity contribution in [1.82, 2.24) is 10.3 Å². The first-order valence-corrected chi connectivity index (χ1v) is 7.52. The van der Waals surface area contributed by atoms with Crippen LogP contribution in [0.3, 0.4) is 0 Å². The van der Waals surface area contributed by atoms with E-state index in [0.29, 0.717) is 19.5 Å². The summed E-state index contributed by atoms with van der Waals surface area (Å²) < 4.78 is 0. The first-order chi connectivity index (χ1) is 9.63. The highest BCUT2D eigenvalue weighted by Gasteiger charge is 2.32. The van der Waals surface area contributed by atoms with Crippen LogP contribution in [0, 0.1) is 12.3 Å². The molecule has 1 aromatic heterocycles. The second-order valence-electron chi connectivity index (χ2n) is 6.03. The van der Waals surface area contributed by atoms with Gasteiger partial charge in [0.2, 0.25) is 5.91 Å². The number of amides is 1. The molecule has 3 N–H and O–H groups in total. The molecular formula is C16H25N3O. The molecule has 4 heteroatoms. The molecule has 0 unspecified atom stereocenters. The minimum absolute atomic E-state index is 0.0356. The summed E-state index contributed by atoms with van der Waals surface area (Å²) in [6, 6.07) is 3.96. The summed E-state index contributed by atoms with van der Waals surface area (Å²) in [5.41, 5.74) is 7.98. The van der Waals surface area contributed by atoms with Gasteiger partial charge in [0.05, 0.1) is 0 Å². The van der Waals surface area contributed by atoms with Crippen LogP contribution in [0.4, 0.5) is 0 Å². The lowest BCUT2D eigenvalue weighted by molar-refractivity contribution is -0.124. The zero-order valence-corrected chi connectivity index (χ0v) is 12.3. The molecule has 1 aliphatic rings. The van der Waals surface area contributed by atoms with E-state index in [1.165, 1.54) is 19.3 Å². The number of nitrogens with two attached hydrogens (primary N) is 1. The fourth-order valence-electron chi connectivity index (χ4n) is 2.96. The third-order valence-electron chi connectivity index (χ3n) is 4.35. The molecule has 1 fully saturated rings. The molecule has 110 valence electrons. The number of rotatable bonds is 5. The lowest BCUT2D eigenvalue weighted by Crippen LogP contribution is -2.38. The number of pyridine rings is 1. The molecule has 1 aliphatic carbocycles. The lowest BCUT2D eigenvalue weighted by atomic mass is 9.71. The second-order valence-corrected chi connectivity index (χ2v) is 6.03. The van der Waals surface area contributed by atoms with Gasteiger partial charge in [0.15, 0.2) is 0 Å². The van der Waals surface area contributed by atoms with Gasteiger partial charge in [-0.3, -0.25) is 9.78 Å². The SMILES string of the molecule is Cc1ccc(CNC(=O)CC2(CN)CCCCC2)cn1. The number of nitrogens with one attached hydrogen (secondary N) is 1. The van der Waals surface area contributed by atoms with Crippen molar-refractivity contribution < 1.29 is 4.79 Å². The third kappa shape index (κ3) is 4.04. The van der Waals surface area contributed by atoms with E-state index in [-0.39, 0.29) is 11.3 Å². The quantitative estimate of drug-likeness (QED) is 0.866.